The fraction of sp³-hybridized carbons (Fsp3) is 0.643. The molecule has 0 unspecified atom stereocenters. The second-order valence-electron chi connectivity index (χ2n) is 7.96. The molecule has 0 aliphatic rings. The summed E-state index contributed by atoms with van der Waals surface area (Å²) in [4.78, 5) is 22.5. The number of hydrogen-bond acceptors (Lipinski definition) is 9. The van der Waals surface area contributed by atoms with Gasteiger partial charge in [-0.2, -0.15) is 0 Å². The summed E-state index contributed by atoms with van der Waals surface area (Å²) in [6.07, 6.45) is 4.09. The van der Waals surface area contributed by atoms with Crippen LogP contribution in [0.3, 0.4) is 0 Å². The molecule has 11 nitrogen and oxygen atoms in total. The second-order valence-corrected chi connectivity index (χ2v) is 10.0. The van der Waals surface area contributed by atoms with E-state index in [-0.39, 0.29) is 59.7 Å². The molecule has 0 amide bonds. The van der Waals surface area contributed by atoms with Crippen LogP contribution in [0.15, 0.2) is 49.0 Å². The smallest absolute Gasteiger partial charge is 0.333 e. The van der Waals surface area contributed by atoms with E-state index in [1.54, 1.807) is 13.8 Å². The Morgan fingerprint density at radius 2 is 0.875 bits per heavy atom. The quantitative estimate of drug-likeness (QED) is 0.0494. The minimum atomic E-state index is -3.12. The standard InChI is InChI=1S/C25H41O9P.3CH4.2H2O/c1-20(2)24(26)31-18-16-29-22(5)12-8-10-14-33-35(7,28)34-15-11-9-13-23(6)30-17-19-32-25(27)21(3)4;;;;;/h1,3,5-6,8-19H2,2,4,7H3;3*1H4;2*1H2. The van der Waals surface area contributed by atoms with Crippen LogP contribution < -0.4 is 0 Å². The molecule has 0 radical (unpaired) electrons. The topological polar surface area (TPSA) is 170 Å². The average Bonchev–Trinajstić information content (AvgIpc) is 2.78. The van der Waals surface area contributed by atoms with Gasteiger partial charge in [0, 0.05) is 30.7 Å². The van der Waals surface area contributed by atoms with Crippen LogP contribution in [0.2, 0.25) is 0 Å². The van der Waals surface area contributed by atoms with Crippen molar-refractivity contribution in [2.45, 2.75) is 74.7 Å². The zero-order valence-corrected chi connectivity index (χ0v) is 23.3. The maximum Gasteiger partial charge on any atom is 0.333 e. The van der Waals surface area contributed by atoms with Gasteiger partial charge >= 0.3 is 19.5 Å². The fourth-order valence-corrected chi connectivity index (χ4v) is 3.37. The zero-order chi connectivity index (χ0) is 26.7. The van der Waals surface area contributed by atoms with Gasteiger partial charge in [-0.25, -0.2) is 9.59 Å². The maximum absolute atomic E-state index is 12.3. The van der Waals surface area contributed by atoms with E-state index in [9.17, 15) is 14.2 Å². The van der Waals surface area contributed by atoms with Crippen LogP contribution in [0.4, 0.5) is 0 Å². The molecule has 0 spiro atoms. The van der Waals surface area contributed by atoms with Gasteiger partial charge in [0.15, 0.2) is 0 Å². The normalized spacial score (nSPS) is 9.47. The lowest BCUT2D eigenvalue weighted by molar-refractivity contribution is -0.140. The minimum Gasteiger partial charge on any atom is -0.495 e. The molecule has 0 heterocycles. The highest BCUT2D eigenvalue weighted by Gasteiger charge is 2.16. The SMILES string of the molecule is C.C.C.C=C(CCCCOP(C)(=O)OCCCCC(=C)OCCOC(=O)C(=C)C)OCCOC(=O)C(=C)C.O.O. The highest BCUT2D eigenvalue weighted by molar-refractivity contribution is 7.52. The van der Waals surface area contributed by atoms with Crippen molar-refractivity contribution in [3.8, 4) is 0 Å². The third-order valence-electron chi connectivity index (χ3n) is 4.29. The first-order chi connectivity index (χ1) is 16.4. The highest BCUT2D eigenvalue weighted by atomic mass is 31.2. The summed E-state index contributed by atoms with van der Waals surface area (Å²) in [5, 5.41) is 0. The summed E-state index contributed by atoms with van der Waals surface area (Å²) in [6.45, 7) is 20.6. The number of rotatable bonds is 22. The van der Waals surface area contributed by atoms with E-state index in [4.69, 9.17) is 28.0 Å². The lowest BCUT2D eigenvalue weighted by atomic mass is 10.2. The first-order valence-corrected chi connectivity index (χ1v) is 13.6. The van der Waals surface area contributed by atoms with E-state index < -0.39 is 19.5 Å². The van der Waals surface area contributed by atoms with Crippen LogP contribution in [0, 0.1) is 0 Å². The van der Waals surface area contributed by atoms with Crippen LogP contribution in [0.1, 0.15) is 74.7 Å². The van der Waals surface area contributed by atoms with Gasteiger partial charge < -0.3 is 38.9 Å². The Labute approximate surface area is 242 Å². The van der Waals surface area contributed by atoms with Crippen LogP contribution in [0.25, 0.3) is 0 Å². The first kappa shape index (κ1) is 50.4. The molecule has 0 aliphatic heterocycles. The number of hydrogen-bond donors (Lipinski definition) is 0. The molecule has 0 aromatic heterocycles. The predicted octanol–water partition coefficient (Wildman–Crippen LogP) is 5.74. The third kappa shape index (κ3) is 30.1. The van der Waals surface area contributed by atoms with Crippen molar-refractivity contribution < 1.29 is 53.1 Å². The molecular weight excluding hydrogens is 543 g/mol. The molecule has 0 fully saturated rings. The summed E-state index contributed by atoms with van der Waals surface area (Å²) in [5.74, 6) is 0.284. The van der Waals surface area contributed by atoms with E-state index in [0.717, 1.165) is 12.8 Å². The number of allylic oxidation sites excluding steroid dienone is 2. The molecule has 40 heavy (non-hydrogen) atoms. The summed E-state index contributed by atoms with van der Waals surface area (Å²) in [6, 6.07) is 0. The lowest BCUT2D eigenvalue weighted by Gasteiger charge is -2.15. The molecule has 0 aromatic rings. The molecule has 0 rings (SSSR count). The van der Waals surface area contributed by atoms with Gasteiger partial charge in [-0.15, -0.1) is 0 Å². The van der Waals surface area contributed by atoms with Gasteiger partial charge in [-0.1, -0.05) is 48.6 Å². The Kier molecular flexibility index (Phi) is 37.2. The summed E-state index contributed by atoms with van der Waals surface area (Å²) in [5.41, 5.74) is 0.683. The zero-order valence-electron chi connectivity index (χ0n) is 22.4. The first-order valence-electron chi connectivity index (χ1n) is 11.6. The van der Waals surface area contributed by atoms with Crippen molar-refractivity contribution in [2.24, 2.45) is 0 Å². The molecule has 0 saturated carbocycles. The number of ether oxygens (including phenoxy) is 4. The van der Waals surface area contributed by atoms with E-state index in [1.807, 2.05) is 0 Å². The summed E-state index contributed by atoms with van der Waals surface area (Å²) >= 11 is 0. The van der Waals surface area contributed by atoms with Crippen LogP contribution in [-0.2, 0) is 42.1 Å². The highest BCUT2D eigenvalue weighted by Crippen LogP contribution is 2.44. The molecule has 0 bridgehead atoms. The Morgan fingerprint density at radius 1 is 0.575 bits per heavy atom. The Balaban J connectivity index is -0.000000578. The van der Waals surface area contributed by atoms with Crippen LogP contribution in [-0.4, -0.2) is 69.2 Å². The number of carbonyl (C=O) groups excluding carboxylic acids is 2. The largest absolute Gasteiger partial charge is 0.495 e. The van der Waals surface area contributed by atoms with E-state index >= 15 is 0 Å². The van der Waals surface area contributed by atoms with Crippen molar-refractivity contribution in [3.63, 3.8) is 0 Å². The van der Waals surface area contributed by atoms with E-state index in [0.29, 0.717) is 61.6 Å². The van der Waals surface area contributed by atoms with Gasteiger partial charge in [-0.3, -0.25) is 4.57 Å². The molecule has 0 atom stereocenters. The van der Waals surface area contributed by atoms with Gasteiger partial charge in [0.05, 0.1) is 24.7 Å². The van der Waals surface area contributed by atoms with Gasteiger partial charge in [-0.05, 0) is 39.5 Å². The van der Waals surface area contributed by atoms with Crippen LogP contribution in [0.5, 0.6) is 0 Å². The van der Waals surface area contributed by atoms with Crippen molar-refractivity contribution in [3.05, 3.63) is 49.0 Å². The molecule has 12 heteroatoms. The molecule has 4 N–H and O–H groups in total. The van der Waals surface area contributed by atoms with Crippen LogP contribution >= 0.6 is 7.60 Å². The molecule has 0 aromatic carbocycles. The fourth-order valence-electron chi connectivity index (χ4n) is 2.38. The molecule has 0 saturated heterocycles. The Morgan fingerprint density at radius 3 is 1.18 bits per heavy atom. The van der Waals surface area contributed by atoms with Crippen molar-refractivity contribution in [1.82, 2.24) is 0 Å². The molecule has 240 valence electrons. The van der Waals surface area contributed by atoms with Gasteiger partial charge in [0.25, 0.3) is 0 Å². The minimum absolute atomic E-state index is 0. The van der Waals surface area contributed by atoms with Crippen molar-refractivity contribution in [1.29, 1.82) is 0 Å². The predicted molar refractivity (Wildman–Crippen MR) is 162 cm³/mol. The summed E-state index contributed by atoms with van der Waals surface area (Å²) < 4.78 is 43.8. The Bertz CT molecular complexity index is 718. The maximum atomic E-state index is 12.3. The Hall–Kier alpha value is -2.43. The molecule has 0 aliphatic carbocycles. The number of esters is 2. The lowest BCUT2D eigenvalue weighted by Crippen LogP contribution is -2.10. The number of carbonyl (C=O) groups is 2. The summed E-state index contributed by atoms with van der Waals surface area (Å²) in [7, 11) is -3.12. The van der Waals surface area contributed by atoms with Crippen molar-refractivity contribution >= 4 is 19.5 Å². The van der Waals surface area contributed by atoms with E-state index in [2.05, 4.69) is 26.3 Å². The molecular formula is C28H57O11P. The van der Waals surface area contributed by atoms with Crippen molar-refractivity contribution in [2.75, 3.05) is 46.3 Å². The number of unbranched alkanes of at least 4 members (excludes halogenated alkanes) is 2. The van der Waals surface area contributed by atoms with Gasteiger partial charge in [0.2, 0.25) is 0 Å². The monoisotopic (exact) mass is 600 g/mol. The van der Waals surface area contributed by atoms with Gasteiger partial charge in [0.1, 0.15) is 26.4 Å². The third-order valence-corrected chi connectivity index (χ3v) is 5.60. The second kappa shape index (κ2) is 29.6. The average molecular weight is 601 g/mol. The van der Waals surface area contributed by atoms with E-state index in [1.165, 1.54) is 6.66 Å².